The highest BCUT2D eigenvalue weighted by molar-refractivity contribution is 6.33. The molecule has 1 amide bonds. The third-order valence-corrected chi connectivity index (χ3v) is 3.40. The van der Waals surface area contributed by atoms with E-state index in [4.69, 9.17) is 11.6 Å². The highest BCUT2D eigenvalue weighted by Gasteiger charge is 2.13. The van der Waals surface area contributed by atoms with Gasteiger partial charge >= 0.3 is 0 Å². The maximum Gasteiger partial charge on any atom is 0.253 e. The number of nitrogens with one attached hydrogen (secondary N) is 2. The van der Waals surface area contributed by atoms with E-state index in [2.05, 4.69) is 22.5 Å². The molecule has 6 heteroatoms. The van der Waals surface area contributed by atoms with Gasteiger partial charge in [0.05, 0.1) is 10.6 Å². The zero-order valence-corrected chi connectivity index (χ0v) is 13.3. The lowest BCUT2D eigenvalue weighted by molar-refractivity contribution is 0.0944. The maximum absolute atomic E-state index is 12.1. The van der Waals surface area contributed by atoms with E-state index in [1.165, 1.54) is 6.20 Å². The summed E-state index contributed by atoms with van der Waals surface area (Å²) in [6, 6.07) is 1.95. The minimum Gasteiger partial charge on any atom is -0.370 e. The fourth-order valence-corrected chi connectivity index (χ4v) is 1.67. The Balaban J connectivity index is 2.71. The molecule has 20 heavy (non-hydrogen) atoms. The summed E-state index contributed by atoms with van der Waals surface area (Å²) in [6.45, 7) is 5.50. The topological polar surface area (TPSA) is 57.3 Å². The van der Waals surface area contributed by atoms with E-state index >= 15 is 0 Å². The molecule has 1 rings (SSSR count). The largest absolute Gasteiger partial charge is 0.370 e. The SMILES string of the molecule is CCCNc1cc(C(=O)NCC(C)N(C)C)c(Cl)cn1. The number of aromatic nitrogens is 1. The number of carbonyl (C=O) groups is 1. The highest BCUT2D eigenvalue weighted by atomic mass is 35.5. The van der Waals surface area contributed by atoms with Crippen LogP contribution in [0.15, 0.2) is 12.3 Å². The minimum atomic E-state index is -0.175. The first kappa shape index (κ1) is 16.7. The number of anilines is 1. The first-order valence-corrected chi connectivity index (χ1v) is 7.17. The molecule has 1 heterocycles. The molecule has 0 radical (unpaired) electrons. The number of halogens is 1. The van der Waals surface area contributed by atoms with Crippen molar-refractivity contribution in [3.63, 3.8) is 0 Å². The Morgan fingerprint density at radius 1 is 1.50 bits per heavy atom. The van der Waals surface area contributed by atoms with E-state index in [1.807, 2.05) is 25.9 Å². The summed E-state index contributed by atoms with van der Waals surface area (Å²) in [4.78, 5) is 18.3. The van der Waals surface area contributed by atoms with Crippen LogP contribution < -0.4 is 10.6 Å². The average molecular weight is 299 g/mol. The average Bonchev–Trinajstić information content (AvgIpc) is 2.43. The van der Waals surface area contributed by atoms with Gasteiger partial charge in [-0.1, -0.05) is 18.5 Å². The van der Waals surface area contributed by atoms with Crippen molar-refractivity contribution in [1.29, 1.82) is 0 Å². The molecule has 1 aromatic rings. The first-order valence-electron chi connectivity index (χ1n) is 6.79. The van der Waals surface area contributed by atoms with Gasteiger partial charge < -0.3 is 15.5 Å². The first-order chi connectivity index (χ1) is 9.45. The molecule has 1 unspecified atom stereocenters. The molecule has 0 saturated heterocycles. The molecule has 0 saturated carbocycles. The predicted molar refractivity (Wildman–Crippen MR) is 83.5 cm³/mol. The second-order valence-corrected chi connectivity index (χ2v) is 5.41. The summed E-state index contributed by atoms with van der Waals surface area (Å²) >= 11 is 6.04. The Morgan fingerprint density at radius 2 is 2.20 bits per heavy atom. The summed E-state index contributed by atoms with van der Waals surface area (Å²) in [5.41, 5.74) is 0.450. The lowest BCUT2D eigenvalue weighted by atomic mass is 10.2. The van der Waals surface area contributed by atoms with Crippen LogP contribution in [0.2, 0.25) is 5.02 Å². The smallest absolute Gasteiger partial charge is 0.253 e. The van der Waals surface area contributed by atoms with Gasteiger partial charge in [0.1, 0.15) is 5.82 Å². The third kappa shape index (κ3) is 4.98. The zero-order chi connectivity index (χ0) is 15.1. The van der Waals surface area contributed by atoms with Crippen molar-refractivity contribution in [1.82, 2.24) is 15.2 Å². The summed E-state index contributed by atoms with van der Waals surface area (Å²) in [6.07, 6.45) is 2.50. The van der Waals surface area contributed by atoms with Gasteiger partial charge in [-0.3, -0.25) is 4.79 Å². The predicted octanol–water partition coefficient (Wildman–Crippen LogP) is 2.24. The van der Waals surface area contributed by atoms with Crippen molar-refractivity contribution in [2.45, 2.75) is 26.3 Å². The molecule has 112 valence electrons. The summed E-state index contributed by atoms with van der Waals surface area (Å²) in [5, 5.41) is 6.39. The monoisotopic (exact) mass is 298 g/mol. The van der Waals surface area contributed by atoms with E-state index in [9.17, 15) is 4.79 Å². The van der Waals surface area contributed by atoms with Gasteiger partial charge in [-0.05, 0) is 33.5 Å². The Kier molecular flexibility index (Phi) is 6.75. The van der Waals surface area contributed by atoms with Gasteiger partial charge in [0.15, 0.2) is 0 Å². The van der Waals surface area contributed by atoms with Crippen LogP contribution >= 0.6 is 11.6 Å². The van der Waals surface area contributed by atoms with Gasteiger partial charge in [0.2, 0.25) is 0 Å². The highest BCUT2D eigenvalue weighted by Crippen LogP contribution is 2.18. The molecule has 0 fully saturated rings. The van der Waals surface area contributed by atoms with Gasteiger partial charge in [-0.15, -0.1) is 0 Å². The number of nitrogens with zero attached hydrogens (tertiary/aromatic N) is 2. The van der Waals surface area contributed by atoms with Gasteiger partial charge in [0, 0.05) is 25.3 Å². The number of rotatable bonds is 7. The second kappa shape index (κ2) is 8.07. The molecule has 0 aliphatic rings. The number of hydrogen-bond donors (Lipinski definition) is 2. The lowest BCUT2D eigenvalue weighted by Crippen LogP contribution is -2.38. The van der Waals surface area contributed by atoms with Crippen LogP contribution in [-0.4, -0.2) is 49.0 Å². The summed E-state index contributed by atoms with van der Waals surface area (Å²) in [7, 11) is 3.95. The minimum absolute atomic E-state index is 0.175. The molecule has 1 atom stereocenters. The van der Waals surface area contributed by atoms with Crippen LogP contribution in [0.25, 0.3) is 0 Å². The van der Waals surface area contributed by atoms with Crippen LogP contribution in [0.5, 0.6) is 0 Å². The van der Waals surface area contributed by atoms with E-state index in [0.717, 1.165) is 13.0 Å². The molecule has 0 bridgehead atoms. The molecular formula is C14H23ClN4O. The Morgan fingerprint density at radius 3 is 2.80 bits per heavy atom. The van der Waals surface area contributed by atoms with Crippen LogP contribution in [0.4, 0.5) is 5.82 Å². The van der Waals surface area contributed by atoms with E-state index in [1.54, 1.807) is 6.07 Å². The van der Waals surface area contributed by atoms with Gasteiger partial charge in [-0.25, -0.2) is 4.98 Å². The summed E-state index contributed by atoms with van der Waals surface area (Å²) in [5.74, 6) is 0.493. The maximum atomic E-state index is 12.1. The van der Waals surface area contributed by atoms with Crippen molar-refractivity contribution >= 4 is 23.3 Å². The van der Waals surface area contributed by atoms with Crippen LogP contribution in [0.1, 0.15) is 30.6 Å². The molecule has 0 aliphatic heterocycles. The van der Waals surface area contributed by atoms with Crippen molar-refractivity contribution < 1.29 is 4.79 Å². The fraction of sp³-hybridized carbons (Fsp3) is 0.571. The zero-order valence-electron chi connectivity index (χ0n) is 12.5. The van der Waals surface area contributed by atoms with Gasteiger partial charge in [-0.2, -0.15) is 0 Å². The van der Waals surface area contributed by atoms with Gasteiger partial charge in [0.25, 0.3) is 5.91 Å². The number of carbonyl (C=O) groups excluding carboxylic acids is 1. The molecule has 2 N–H and O–H groups in total. The van der Waals surface area contributed by atoms with Crippen molar-refractivity contribution in [2.75, 3.05) is 32.5 Å². The Hall–Kier alpha value is -1.33. The van der Waals surface area contributed by atoms with E-state index < -0.39 is 0 Å². The molecule has 0 aromatic carbocycles. The van der Waals surface area contributed by atoms with E-state index in [0.29, 0.717) is 22.9 Å². The van der Waals surface area contributed by atoms with Crippen molar-refractivity contribution in [2.24, 2.45) is 0 Å². The quantitative estimate of drug-likeness (QED) is 0.810. The molecule has 0 spiro atoms. The van der Waals surface area contributed by atoms with E-state index in [-0.39, 0.29) is 11.9 Å². The standard InChI is InChI=1S/C14H23ClN4O/c1-5-6-16-13-7-11(12(15)9-17-13)14(20)18-8-10(2)19(3)4/h7,9-10H,5-6,8H2,1-4H3,(H,16,17)(H,18,20). The number of pyridine rings is 1. The Bertz CT molecular complexity index is 451. The molecule has 1 aromatic heterocycles. The lowest BCUT2D eigenvalue weighted by Gasteiger charge is -2.20. The fourth-order valence-electron chi connectivity index (χ4n) is 1.48. The van der Waals surface area contributed by atoms with Crippen LogP contribution in [0.3, 0.4) is 0 Å². The second-order valence-electron chi connectivity index (χ2n) is 5.00. The summed E-state index contributed by atoms with van der Waals surface area (Å²) < 4.78 is 0. The molecule has 0 aliphatic carbocycles. The number of likely N-dealkylation sites (N-methyl/N-ethyl adjacent to an activating group) is 1. The number of hydrogen-bond acceptors (Lipinski definition) is 4. The normalized spacial score (nSPS) is 12.3. The van der Waals surface area contributed by atoms with Crippen LogP contribution in [-0.2, 0) is 0 Å². The third-order valence-electron chi connectivity index (χ3n) is 3.10. The molecule has 5 nitrogen and oxygen atoms in total. The van der Waals surface area contributed by atoms with Crippen molar-refractivity contribution in [3.05, 3.63) is 22.8 Å². The Labute approximate surface area is 125 Å². The molecular weight excluding hydrogens is 276 g/mol. The van der Waals surface area contributed by atoms with Crippen LogP contribution in [0, 0.1) is 0 Å². The van der Waals surface area contributed by atoms with Crippen molar-refractivity contribution in [3.8, 4) is 0 Å². The number of amides is 1.